The van der Waals surface area contributed by atoms with Gasteiger partial charge in [0.05, 0.1) is 10.2 Å². The Hall–Kier alpha value is -0.870. The summed E-state index contributed by atoms with van der Waals surface area (Å²) in [6.07, 6.45) is 2.62. The smallest absolute Gasteiger partial charge is 0.147 e. The molecule has 1 unspecified atom stereocenters. The minimum atomic E-state index is 0.558. The summed E-state index contributed by atoms with van der Waals surface area (Å²) in [7, 11) is 0. The van der Waals surface area contributed by atoms with Crippen molar-refractivity contribution in [1.82, 2.24) is 9.97 Å². The van der Waals surface area contributed by atoms with Crippen molar-refractivity contribution in [3.05, 3.63) is 17.8 Å². The molecule has 0 saturated heterocycles. The molecule has 0 aromatic carbocycles. The Kier molecular flexibility index (Phi) is 3.96. The van der Waals surface area contributed by atoms with Gasteiger partial charge in [0.15, 0.2) is 0 Å². The summed E-state index contributed by atoms with van der Waals surface area (Å²) >= 11 is 7.37. The second kappa shape index (κ2) is 5.46. The number of hydrogen-bond acceptors (Lipinski definition) is 4. The number of hydrogen-bond donors (Lipinski definition) is 1. The molecular formula is C11H14ClN3S. The van der Waals surface area contributed by atoms with E-state index in [-0.39, 0.29) is 0 Å². The van der Waals surface area contributed by atoms with E-state index < -0.39 is 0 Å². The van der Waals surface area contributed by atoms with Crippen LogP contribution in [0.2, 0.25) is 0 Å². The van der Waals surface area contributed by atoms with Gasteiger partial charge in [0.25, 0.3) is 0 Å². The molecule has 5 heteroatoms. The molecule has 2 aromatic rings. The van der Waals surface area contributed by atoms with Crippen LogP contribution < -0.4 is 5.32 Å². The van der Waals surface area contributed by atoms with Gasteiger partial charge >= 0.3 is 0 Å². The molecule has 1 atom stereocenters. The first-order valence-corrected chi connectivity index (χ1v) is 6.70. The van der Waals surface area contributed by atoms with Crippen molar-refractivity contribution in [1.29, 1.82) is 0 Å². The number of alkyl halides is 1. The number of fused-ring (bicyclic) bond motifs is 1. The van der Waals surface area contributed by atoms with Gasteiger partial charge < -0.3 is 5.32 Å². The summed E-state index contributed by atoms with van der Waals surface area (Å²) in [6, 6.07) is 2.01. The van der Waals surface area contributed by atoms with Crippen LogP contribution in [-0.4, -0.2) is 22.4 Å². The van der Waals surface area contributed by atoms with Crippen LogP contribution in [0.5, 0.6) is 0 Å². The number of thiophene rings is 1. The lowest BCUT2D eigenvalue weighted by molar-refractivity contribution is 0.596. The van der Waals surface area contributed by atoms with E-state index in [9.17, 15) is 0 Å². The largest absolute Gasteiger partial charge is 0.369 e. The third-order valence-corrected chi connectivity index (χ3v) is 3.59. The molecule has 0 aliphatic heterocycles. The molecule has 3 nitrogen and oxygen atoms in total. The van der Waals surface area contributed by atoms with E-state index in [1.807, 2.05) is 11.4 Å². The third kappa shape index (κ3) is 2.62. The van der Waals surface area contributed by atoms with Gasteiger partial charge in [-0.3, -0.25) is 0 Å². The van der Waals surface area contributed by atoms with Gasteiger partial charge in [0.1, 0.15) is 12.1 Å². The zero-order valence-electron chi connectivity index (χ0n) is 9.11. The Morgan fingerprint density at radius 1 is 1.50 bits per heavy atom. The monoisotopic (exact) mass is 255 g/mol. The maximum atomic E-state index is 5.70. The predicted molar refractivity (Wildman–Crippen MR) is 70.4 cm³/mol. The van der Waals surface area contributed by atoms with Crippen molar-refractivity contribution in [2.45, 2.75) is 13.3 Å². The molecule has 16 heavy (non-hydrogen) atoms. The van der Waals surface area contributed by atoms with Crippen LogP contribution in [-0.2, 0) is 0 Å². The van der Waals surface area contributed by atoms with E-state index in [0.717, 1.165) is 29.0 Å². The van der Waals surface area contributed by atoms with Crippen molar-refractivity contribution in [3.63, 3.8) is 0 Å². The highest BCUT2D eigenvalue weighted by Crippen LogP contribution is 2.24. The molecule has 0 saturated carbocycles. The highest BCUT2D eigenvalue weighted by Gasteiger charge is 2.06. The maximum absolute atomic E-state index is 5.70. The van der Waals surface area contributed by atoms with Crippen LogP contribution in [0.4, 0.5) is 5.82 Å². The summed E-state index contributed by atoms with van der Waals surface area (Å²) in [4.78, 5) is 8.47. The number of halogens is 1. The minimum absolute atomic E-state index is 0.558. The van der Waals surface area contributed by atoms with Crippen LogP contribution in [0.15, 0.2) is 17.8 Å². The van der Waals surface area contributed by atoms with E-state index in [2.05, 4.69) is 22.2 Å². The Labute approximate surface area is 104 Å². The van der Waals surface area contributed by atoms with Crippen LogP contribution in [0, 0.1) is 5.92 Å². The van der Waals surface area contributed by atoms with Crippen molar-refractivity contribution in [3.8, 4) is 0 Å². The minimum Gasteiger partial charge on any atom is -0.369 e. The lowest BCUT2D eigenvalue weighted by Gasteiger charge is -2.11. The van der Waals surface area contributed by atoms with Gasteiger partial charge in [-0.15, -0.1) is 22.9 Å². The van der Waals surface area contributed by atoms with Gasteiger partial charge in [-0.05, 0) is 23.8 Å². The Morgan fingerprint density at radius 3 is 3.19 bits per heavy atom. The summed E-state index contributed by atoms with van der Waals surface area (Å²) in [6.45, 7) is 3.08. The zero-order valence-corrected chi connectivity index (χ0v) is 10.7. The molecule has 0 spiro atoms. The van der Waals surface area contributed by atoms with Crippen LogP contribution in [0.25, 0.3) is 10.2 Å². The average Bonchev–Trinajstić information content (AvgIpc) is 2.75. The van der Waals surface area contributed by atoms with E-state index in [1.54, 1.807) is 17.7 Å². The van der Waals surface area contributed by atoms with Gasteiger partial charge in [0.2, 0.25) is 0 Å². The van der Waals surface area contributed by atoms with E-state index in [4.69, 9.17) is 11.6 Å². The van der Waals surface area contributed by atoms with Gasteiger partial charge in [-0.2, -0.15) is 0 Å². The lowest BCUT2D eigenvalue weighted by atomic mass is 10.1. The van der Waals surface area contributed by atoms with E-state index in [0.29, 0.717) is 11.8 Å². The molecule has 0 radical (unpaired) electrons. The quantitative estimate of drug-likeness (QED) is 0.833. The fourth-order valence-electron chi connectivity index (χ4n) is 1.47. The summed E-state index contributed by atoms with van der Waals surface area (Å²) < 4.78 is 1.13. The Morgan fingerprint density at radius 2 is 2.38 bits per heavy atom. The summed E-state index contributed by atoms with van der Waals surface area (Å²) in [5.74, 6) is 2.20. The van der Waals surface area contributed by atoms with Gasteiger partial charge in [-0.1, -0.05) is 6.92 Å². The van der Waals surface area contributed by atoms with E-state index >= 15 is 0 Å². The highest BCUT2D eigenvalue weighted by atomic mass is 35.5. The SMILES string of the molecule is CC(CCCl)CNc1ncnc2ccsc12. The van der Waals surface area contributed by atoms with Crippen LogP contribution in [0.3, 0.4) is 0 Å². The zero-order chi connectivity index (χ0) is 11.4. The fourth-order valence-corrected chi connectivity index (χ4v) is 2.66. The molecular weight excluding hydrogens is 242 g/mol. The van der Waals surface area contributed by atoms with Crippen molar-refractivity contribution < 1.29 is 0 Å². The van der Waals surface area contributed by atoms with Gasteiger partial charge in [-0.25, -0.2) is 9.97 Å². The fraction of sp³-hybridized carbons (Fsp3) is 0.455. The van der Waals surface area contributed by atoms with Crippen molar-refractivity contribution >= 4 is 39.0 Å². The molecule has 2 heterocycles. The number of aromatic nitrogens is 2. The molecule has 0 amide bonds. The second-order valence-corrected chi connectivity index (χ2v) is 5.12. The molecule has 0 aliphatic rings. The first-order chi connectivity index (χ1) is 7.81. The topological polar surface area (TPSA) is 37.8 Å². The molecule has 0 aliphatic carbocycles. The molecule has 1 N–H and O–H groups in total. The number of nitrogens with one attached hydrogen (secondary N) is 1. The molecule has 86 valence electrons. The molecule has 0 fully saturated rings. The number of rotatable bonds is 5. The van der Waals surface area contributed by atoms with Crippen molar-refractivity contribution in [2.75, 3.05) is 17.7 Å². The second-order valence-electron chi connectivity index (χ2n) is 3.82. The number of anilines is 1. The first-order valence-electron chi connectivity index (χ1n) is 5.29. The third-order valence-electron chi connectivity index (χ3n) is 2.46. The predicted octanol–water partition coefficient (Wildman–Crippen LogP) is 3.37. The van der Waals surface area contributed by atoms with Gasteiger partial charge in [0, 0.05) is 12.4 Å². The van der Waals surface area contributed by atoms with Crippen LogP contribution >= 0.6 is 22.9 Å². The van der Waals surface area contributed by atoms with Crippen LogP contribution in [0.1, 0.15) is 13.3 Å². The summed E-state index contributed by atoms with van der Waals surface area (Å²) in [5.41, 5.74) is 1.01. The number of nitrogens with zero attached hydrogens (tertiary/aromatic N) is 2. The van der Waals surface area contributed by atoms with E-state index in [1.165, 1.54) is 0 Å². The Balaban J connectivity index is 2.06. The average molecular weight is 256 g/mol. The lowest BCUT2D eigenvalue weighted by Crippen LogP contribution is -2.12. The summed E-state index contributed by atoms with van der Waals surface area (Å²) in [5, 5.41) is 5.39. The molecule has 2 aromatic heterocycles. The molecule has 2 rings (SSSR count). The standard InChI is InChI=1S/C11H14ClN3S/c1-8(2-4-12)6-13-11-10-9(3-5-16-10)14-7-15-11/h3,5,7-8H,2,4,6H2,1H3,(H,13,14,15). The highest BCUT2D eigenvalue weighted by molar-refractivity contribution is 7.17. The van der Waals surface area contributed by atoms with Crippen molar-refractivity contribution in [2.24, 2.45) is 5.92 Å². The first kappa shape index (κ1) is 11.6. The Bertz CT molecular complexity index is 457. The molecule has 0 bridgehead atoms. The normalized spacial score (nSPS) is 12.9. The maximum Gasteiger partial charge on any atom is 0.147 e.